The summed E-state index contributed by atoms with van der Waals surface area (Å²) in [4.78, 5) is 26.4. The molecule has 1 fully saturated rings. The summed E-state index contributed by atoms with van der Waals surface area (Å²) in [5, 5.41) is 10.4. The summed E-state index contributed by atoms with van der Waals surface area (Å²) in [6.45, 7) is 0.579. The van der Waals surface area contributed by atoms with Crippen LogP contribution in [0.5, 0.6) is 0 Å². The summed E-state index contributed by atoms with van der Waals surface area (Å²) < 4.78 is 39.8. The maximum atomic E-state index is 13.0. The fourth-order valence-electron chi connectivity index (χ4n) is 4.18. The van der Waals surface area contributed by atoms with Crippen molar-refractivity contribution in [3.63, 3.8) is 0 Å². The first-order valence-electron chi connectivity index (χ1n) is 11.0. The molecule has 1 aromatic heterocycles. The van der Waals surface area contributed by atoms with Crippen molar-refractivity contribution in [2.24, 2.45) is 11.7 Å². The van der Waals surface area contributed by atoms with E-state index in [2.05, 4.69) is 20.7 Å². The van der Waals surface area contributed by atoms with Gasteiger partial charge in [0.1, 0.15) is 0 Å². The zero-order chi connectivity index (χ0) is 24.3. The summed E-state index contributed by atoms with van der Waals surface area (Å²) >= 11 is 0. The van der Waals surface area contributed by atoms with Crippen LogP contribution in [0.4, 0.5) is 24.8 Å². The molecular formula is C23H25F3N6O2. The van der Waals surface area contributed by atoms with E-state index in [0.29, 0.717) is 12.2 Å². The van der Waals surface area contributed by atoms with E-state index in [1.165, 1.54) is 12.1 Å². The summed E-state index contributed by atoms with van der Waals surface area (Å²) in [5.74, 6) is -0.325. The van der Waals surface area contributed by atoms with Gasteiger partial charge < -0.3 is 16.4 Å². The van der Waals surface area contributed by atoms with Gasteiger partial charge in [0.15, 0.2) is 0 Å². The number of rotatable bonds is 7. The van der Waals surface area contributed by atoms with E-state index < -0.39 is 17.4 Å². The minimum Gasteiger partial charge on any atom is -0.369 e. The van der Waals surface area contributed by atoms with Crippen LogP contribution in [0.3, 0.4) is 0 Å². The van der Waals surface area contributed by atoms with Gasteiger partial charge in [-0.1, -0.05) is 31.0 Å². The average Bonchev–Trinajstić information content (AvgIpc) is 3.18. The average molecular weight is 474 g/mol. The van der Waals surface area contributed by atoms with Gasteiger partial charge in [-0.15, -0.1) is 5.10 Å². The molecule has 11 heteroatoms. The molecule has 180 valence electrons. The first-order valence-corrected chi connectivity index (χ1v) is 11.0. The Kier molecular flexibility index (Phi) is 6.73. The molecule has 3 aromatic rings. The number of H-pyrrole nitrogens is 1. The maximum absolute atomic E-state index is 13.0. The van der Waals surface area contributed by atoms with Gasteiger partial charge in [-0.3, -0.25) is 9.78 Å². The van der Waals surface area contributed by atoms with Crippen molar-refractivity contribution in [2.45, 2.75) is 44.4 Å². The molecule has 4 rings (SSSR count). The Morgan fingerprint density at radius 2 is 1.88 bits per heavy atom. The Labute approximate surface area is 193 Å². The lowest BCUT2D eigenvalue weighted by molar-refractivity contribution is -0.137. The monoisotopic (exact) mass is 474 g/mol. The fourth-order valence-corrected chi connectivity index (χ4v) is 4.18. The molecule has 0 radical (unpaired) electrons. The Hall–Kier alpha value is -3.60. The quantitative estimate of drug-likeness (QED) is 0.418. The number of amides is 1. The molecule has 0 saturated heterocycles. The predicted octanol–water partition coefficient (Wildman–Crippen LogP) is 3.46. The number of nitrogens with zero attached hydrogens (tertiary/aromatic N) is 2. The molecule has 0 aliphatic heterocycles. The van der Waals surface area contributed by atoms with E-state index in [1.54, 1.807) is 12.1 Å². The Bertz CT molecular complexity index is 1200. The van der Waals surface area contributed by atoms with Gasteiger partial charge >= 0.3 is 11.9 Å². The molecule has 1 heterocycles. The Morgan fingerprint density at radius 1 is 1.15 bits per heavy atom. The molecule has 34 heavy (non-hydrogen) atoms. The third-order valence-electron chi connectivity index (χ3n) is 5.95. The van der Waals surface area contributed by atoms with Crippen molar-refractivity contribution in [3.05, 3.63) is 70.1 Å². The number of aromatic amines is 1. The Balaban J connectivity index is 1.41. The van der Waals surface area contributed by atoms with Gasteiger partial charge in [-0.25, -0.2) is 4.79 Å². The molecule has 5 N–H and O–H groups in total. The number of hydrogen-bond acceptors (Lipinski definition) is 5. The fraction of sp³-hybridized carbons (Fsp3) is 0.348. The number of alkyl halides is 3. The van der Waals surface area contributed by atoms with Gasteiger partial charge in [0.25, 0.3) is 0 Å². The van der Waals surface area contributed by atoms with E-state index in [9.17, 15) is 22.8 Å². The zero-order valence-corrected chi connectivity index (χ0v) is 18.2. The normalized spacial score (nSPS) is 18.6. The third kappa shape index (κ3) is 5.48. The molecule has 1 aliphatic carbocycles. The lowest BCUT2D eigenvalue weighted by atomic mass is 9.84. The summed E-state index contributed by atoms with van der Waals surface area (Å²) in [7, 11) is 0. The second-order valence-electron chi connectivity index (χ2n) is 8.34. The lowest BCUT2D eigenvalue weighted by Gasteiger charge is -2.30. The van der Waals surface area contributed by atoms with Crippen LogP contribution in [-0.2, 0) is 17.5 Å². The number of nitrogens with two attached hydrogens (primary N) is 1. The molecule has 2 aromatic carbocycles. The summed E-state index contributed by atoms with van der Waals surface area (Å²) in [6, 6.07) is 11.8. The molecular weight excluding hydrogens is 449 g/mol. The van der Waals surface area contributed by atoms with Crippen LogP contribution in [0.15, 0.2) is 53.3 Å². The van der Waals surface area contributed by atoms with Gasteiger partial charge in [0.05, 0.1) is 17.2 Å². The molecule has 2 atom stereocenters. The smallest absolute Gasteiger partial charge is 0.369 e. The first-order chi connectivity index (χ1) is 16.2. The van der Waals surface area contributed by atoms with Crippen molar-refractivity contribution in [1.29, 1.82) is 0 Å². The van der Waals surface area contributed by atoms with E-state index in [-0.39, 0.29) is 29.5 Å². The van der Waals surface area contributed by atoms with Crippen LogP contribution in [0.2, 0.25) is 0 Å². The SMILES string of the molecule is NC(=O)[C@@H]1CCCC[C@@H]1NCc1ccc(Nc2nn(-c3cccc(C(F)(F)F)c3)c(=O)[nH]2)cc1. The highest BCUT2D eigenvalue weighted by molar-refractivity contribution is 5.77. The summed E-state index contributed by atoms with van der Waals surface area (Å²) in [5.41, 5.74) is 5.64. The van der Waals surface area contributed by atoms with Crippen molar-refractivity contribution < 1.29 is 18.0 Å². The highest BCUT2D eigenvalue weighted by atomic mass is 19.4. The molecule has 0 bridgehead atoms. The van der Waals surface area contributed by atoms with Gasteiger partial charge in [-0.2, -0.15) is 17.9 Å². The lowest BCUT2D eigenvalue weighted by Crippen LogP contribution is -2.44. The highest BCUT2D eigenvalue weighted by Gasteiger charge is 2.31. The highest BCUT2D eigenvalue weighted by Crippen LogP contribution is 2.30. The number of carbonyl (C=O) groups excluding carboxylic acids is 1. The van der Waals surface area contributed by atoms with Crippen molar-refractivity contribution >= 4 is 17.5 Å². The number of benzene rings is 2. The largest absolute Gasteiger partial charge is 0.416 e. The predicted molar refractivity (Wildman–Crippen MR) is 121 cm³/mol. The van der Waals surface area contributed by atoms with Gasteiger partial charge in [-0.05, 0) is 48.7 Å². The summed E-state index contributed by atoms with van der Waals surface area (Å²) in [6.07, 6.45) is -0.727. The number of carbonyl (C=O) groups is 1. The van der Waals surface area contributed by atoms with E-state index in [4.69, 9.17) is 5.73 Å². The van der Waals surface area contributed by atoms with Crippen molar-refractivity contribution in [3.8, 4) is 5.69 Å². The van der Waals surface area contributed by atoms with Crippen molar-refractivity contribution in [1.82, 2.24) is 20.1 Å². The molecule has 0 unspecified atom stereocenters. The van der Waals surface area contributed by atoms with Crippen LogP contribution in [-0.4, -0.2) is 26.7 Å². The minimum atomic E-state index is -4.52. The van der Waals surface area contributed by atoms with Gasteiger partial charge in [0.2, 0.25) is 11.9 Å². The number of hydrogen-bond donors (Lipinski definition) is 4. The van der Waals surface area contributed by atoms with Crippen LogP contribution < -0.4 is 22.1 Å². The molecule has 1 aliphatic rings. The second kappa shape index (κ2) is 9.72. The molecule has 0 spiro atoms. The second-order valence-corrected chi connectivity index (χ2v) is 8.34. The number of anilines is 2. The number of primary amides is 1. The molecule has 8 nitrogen and oxygen atoms in total. The van der Waals surface area contributed by atoms with Crippen LogP contribution >= 0.6 is 0 Å². The van der Waals surface area contributed by atoms with Crippen LogP contribution in [0, 0.1) is 5.92 Å². The van der Waals surface area contributed by atoms with Crippen molar-refractivity contribution in [2.75, 3.05) is 5.32 Å². The standard InChI is InChI=1S/C23H25F3N6O2/c24-23(25,26)15-4-3-5-17(12-15)32-22(34)30-21(31-32)29-16-10-8-14(9-11-16)13-28-19-7-2-1-6-18(19)20(27)33/h3-5,8-12,18-19,28H,1-2,6-7,13H2,(H2,27,33)(H2,29,30,31,34)/t18-,19+/m1/s1. The van der Waals surface area contributed by atoms with Crippen LogP contribution in [0.1, 0.15) is 36.8 Å². The molecule has 1 amide bonds. The zero-order valence-electron chi connectivity index (χ0n) is 18.2. The third-order valence-corrected chi connectivity index (χ3v) is 5.95. The minimum absolute atomic E-state index is 0.00234. The van der Waals surface area contributed by atoms with Gasteiger partial charge in [0, 0.05) is 18.3 Å². The van der Waals surface area contributed by atoms with E-state index in [0.717, 1.165) is 48.1 Å². The molecule has 1 saturated carbocycles. The Morgan fingerprint density at radius 3 is 2.59 bits per heavy atom. The maximum Gasteiger partial charge on any atom is 0.416 e. The van der Waals surface area contributed by atoms with E-state index in [1.807, 2.05) is 12.1 Å². The topological polar surface area (TPSA) is 118 Å². The number of nitrogens with one attached hydrogen (secondary N) is 3. The number of aromatic nitrogens is 3. The number of halogens is 3. The van der Waals surface area contributed by atoms with E-state index >= 15 is 0 Å². The first kappa shape index (κ1) is 23.6. The van der Waals surface area contributed by atoms with Crippen LogP contribution in [0.25, 0.3) is 5.69 Å².